The molecule has 0 aliphatic heterocycles. The number of benzene rings is 2. The second kappa shape index (κ2) is 6.10. The summed E-state index contributed by atoms with van der Waals surface area (Å²) in [4.78, 5) is 11.0. The molecule has 4 nitrogen and oxygen atoms in total. The second-order valence-corrected chi connectivity index (χ2v) is 4.56. The molecule has 0 spiro atoms. The molecule has 0 saturated carbocycles. The average molecular weight is 270 g/mol. The van der Waals surface area contributed by atoms with Crippen LogP contribution < -0.4 is 16.2 Å². The number of anilines is 1. The van der Waals surface area contributed by atoms with E-state index in [1.165, 1.54) is 5.56 Å². The predicted molar refractivity (Wildman–Crippen MR) is 79.5 cm³/mol. The fourth-order valence-electron chi connectivity index (χ4n) is 1.86. The molecule has 4 N–H and O–H groups in total. The molecule has 20 heavy (non-hydrogen) atoms. The van der Waals surface area contributed by atoms with E-state index in [1.807, 2.05) is 24.3 Å². The van der Waals surface area contributed by atoms with Crippen LogP contribution in [-0.2, 0) is 13.0 Å². The van der Waals surface area contributed by atoms with Crippen LogP contribution in [0.4, 0.5) is 5.69 Å². The monoisotopic (exact) mass is 270 g/mol. The van der Waals surface area contributed by atoms with Gasteiger partial charge in [-0.15, -0.1) is 0 Å². The lowest BCUT2D eigenvalue weighted by Gasteiger charge is -2.10. The highest BCUT2D eigenvalue weighted by Gasteiger charge is 2.05. The van der Waals surface area contributed by atoms with Gasteiger partial charge in [0.2, 0.25) is 5.91 Å². The van der Waals surface area contributed by atoms with Gasteiger partial charge in [-0.25, -0.2) is 0 Å². The van der Waals surface area contributed by atoms with Crippen molar-refractivity contribution in [1.82, 2.24) is 0 Å². The van der Waals surface area contributed by atoms with Crippen LogP contribution in [0.3, 0.4) is 0 Å². The van der Waals surface area contributed by atoms with Crippen LogP contribution in [0.15, 0.2) is 42.5 Å². The van der Waals surface area contributed by atoms with E-state index < -0.39 is 5.91 Å². The number of primary amides is 1. The number of ether oxygens (including phenoxy) is 1. The number of hydrogen-bond donors (Lipinski definition) is 2. The quantitative estimate of drug-likeness (QED) is 0.819. The van der Waals surface area contributed by atoms with Crippen LogP contribution in [-0.4, -0.2) is 5.91 Å². The highest BCUT2D eigenvalue weighted by molar-refractivity contribution is 5.93. The molecule has 0 atom stereocenters. The van der Waals surface area contributed by atoms with Crippen molar-refractivity contribution in [2.24, 2.45) is 5.73 Å². The van der Waals surface area contributed by atoms with Gasteiger partial charge in [0, 0.05) is 16.8 Å². The van der Waals surface area contributed by atoms with E-state index in [9.17, 15) is 4.79 Å². The predicted octanol–water partition coefficient (Wildman–Crippen LogP) is 2.51. The standard InChI is InChI=1S/C16H18N2O2/c1-2-11-3-7-14(8-4-11)20-10-13-6-5-12(16(18)19)9-15(13)17/h3-9H,2,10,17H2,1H3,(H2,18,19). The number of nitrogens with two attached hydrogens (primary N) is 2. The first-order valence-corrected chi connectivity index (χ1v) is 6.50. The van der Waals surface area contributed by atoms with Crippen molar-refractivity contribution in [2.45, 2.75) is 20.0 Å². The summed E-state index contributed by atoms with van der Waals surface area (Å²) in [6, 6.07) is 12.9. The molecule has 0 saturated heterocycles. The Bertz CT molecular complexity index is 606. The third kappa shape index (κ3) is 3.29. The van der Waals surface area contributed by atoms with E-state index in [4.69, 9.17) is 16.2 Å². The molecule has 0 aliphatic carbocycles. The minimum Gasteiger partial charge on any atom is -0.489 e. The summed E-state index contributed by atoms with van der Waals surface area (Å²) in [6.07, 6.45) is 1.00. The van der Waals surface area contributed by atoms with E-state index in [0.29, 0.717) is 17.9 Å². The van der Waals surface area contributed by atoms with Crippen molar-refractivity contribution in [1.29, 1.82) is 0 Å². The zero-order valence-corrected chi connectivity index (χ0v) is 11.4. The maximum atomic E-state index is 11.0. The zero-order chi connectivity index (χ0) is 14.5. The number of aryl methyl sites for hydroxylation is 1. The number of carbonyl (C=O) groups excluding carboxylic acids is 1. The molecule has 0 aliphatic rings. The van der Waals surface area contributed by atoms with Gasteiger partial charge in [0.15, 0.2) is 0 Å². The van der Waals surface area contributed by atoms with Gasteiger partial charge in [-0.1, -0.05) is 25.1 Å². The van der Waals surface area contributed by atoms with Gasteiger partial charge in [-0.05, 0) is 36.2 Å². The lowest BCUT2D eigenvalue weighted by Crippen LogP contribution is -2.12. The summed E-state index contributed by atoms with van der Waals surface area (Å²) in [5.41, 5.74) is 14.1. The summed E-state index contributed by atoms with van der Waals surface area (Å²) < 4.78 is 5.68. The van der Waals surface area contributed by atoms with Gasteiger partial charge in [0.1, 0.15) is 12.4 Å². The Morgan fingerprint density at radius 3 is 2.40 bits per heavy atom. The molecular weight excluding hydrogens is 252 g/mol. The first-order chi connectivity index (χ1) is 9.60. The summed E-state index contributed by atoms with van der Waals surface area (Å²) in [6.45, 7) is 2.47. The largest absolute Gasteiger partial charge is 0.489 e. The van der Waals surface area contributed by atoms with Gasteiger partial charge < -0.3 is 16.2 Å². The number of rotatable bonds is 5. The topological polar surface area (TPSA) is 78.3 Å². The van der Waals surface area contributed by atoms with E-state index in [-0.39, 0.29) is 0 Å². The van der Waals surface area contributed by atoms with Gasteiger partial charge in [0.05, 0.1) is 0 Å². The molecule has 1 amide bonds. The molecule has 0 unspecified atom stereocenters. The molecule has 0 radical (unpaired) electrons. The van der Waals surface area contributed by atoms with Crippen molar-refractivity contribution in [3.05, 3.63) is 59.2 Å². The number of hydrogen-bond acceptors (Lipinski definition) is 3. The Kier molecular flexibility index (Phi) is 4.25. The zero-order valence-electron chi connectivity index (χ0n) is 11.4. The van der Waals surface area contributed by atoms with Crippen molar-refractivity contribution in [3.8, 4) is 5.75 Å². The van der Waals surface area contributed by atoms with Crippen LogP contribution in [0, 0.1) is 0 Å². The average Bonchev–Trinajstić information content (AvgIpc) is 2.46. The van der Waals surface area contributed by atoms with Crippen LogP contribution in [0.5, 0.6) is 5.75 Å². The molecule has 2 aromatic rings. The lowest BCUT2D eigenvalue weighted by atomic mass is 10.1. The first-order valence-electron chi connectivity index (χ1n) is 6.50. The molecule has 0 fully saturated rings. The minimum atomic E-state index is -0.487. The van der Waals surface area contributed by atoms with E-state index in [1.54, 1.807) is 18.2 Å². The fourth-order valence-corrected chi connectivity index (χ4v) is 1.86. The lowest BCUT2D eigenvalue weighted by molar-refractivity contribution is 0.100. The fraction of sp³-hybridized carbons (Fsp3) is 0.188. The van der Waals surface area contributed by atoms with Crippen LogP contribution >= 0.6 is 0 Å². The summed E-state index contributed by atoms with van der Waals surface area (Å²) in [7, 11) is 0. The molecule has 2 aromatic carbocycles. The minimum absolute atomic E-state index is 0.357. The van der Waals surface area contributed by atoms with Crippen molar-refractivity contribution >= 4 is 11.6 Å². The highest BCUT2D eigenvalue weighted by atomic mass is 16.5. The molecule has 4 heteroatoms. The Morgan fingerprint density at radius 1 is 1.15 bits per heavy atom. The third-order valence-corrected chi connectivity index (χ3v) is 3.16. The van der Waals surface area contributed by atoms with Crippen molar-refractivity contribution in [2.75, 3.05) is 5.73 Å². The molecule has 104 valence electrons. The summed E-state index contributed by atoms with van der Waals surface area (Å²) in [5.74, 6) is 0.305. The summed E-state index contributed by atoms with van der Waals surface area (Å²) in [5, 5.41) is 0. The number of nitrogen functional groups attached to an aromatic ring is 1. The molecule has 0 aromatic heterocycles. The maximum Gasteiger partial charge on any atom is 0.248 e. The van der Waals surface area contributed by atoms with Crippen molar-refractivity contribution in [3.63, 3.8) is 0 Å². The third-order valence-electron chi connectivity index (χ3n) is 3.16. The Morgan fingerprint density at radius 2 is 1.85 bits per heavy atom. The summed E-state index contributed by atoms with van der Waals surface area (Å²) >= 11 is 0. The Labute approximate surface area is 118 Å². The highest BCUT2D eigenvalue weighted by Crippen LogP contribution is 2.18. The molecule has 0 heterocycles. The van der Waals surface area contributed by atoms with E-state index >= 15 is 0 Å². The van der Waals surface area contributed by atoms with Gasteiger partial charge in [-0.3, -0.25) is 4.79 Å². The molecule has 2 rings (SSSR count). The Balaban J connectivity index is 2.04. The maximum absolute atomic E-state index is 11.0. The molecular formula is C16H18N2O2. The number of amides is 1. The van der Waals surface area contributed by atoms with Gasteiger partial charge in [-0.2, -0.15) is 0 Å². The Hall–Kier alpha value is -2.49. The number of carbonyl (C=O) groups is 1. The smallest absolute Gasteiger partial charge is 0.248 e. The second-order valence-electron chi connectivity index (χ2n) is 4.56. The van der Waals surface area contributed by atoms with E-state index in [0.717, 1.165) is 17.7 Å². The first kappa shape index (κ1) is 13.9. The van der Waals surface area contributed by atoms with Gasteiger partial charge >= 0.3 is 0 Å². The SMILES string of the molecule is CCc1ccc(OCc2ccc(C(N)=O)cc2N)cc1. The normalized spacial score (nSPS) is 10.2. The van der Waals surface area contributed by atoms with Crippen LogP contribution in [0.2, 0.25) is 0 Å². The van der Waals surface area contributed by atoms with Crippen LogP contribution in [0.1, 0.15) is 28.4 Å². The van der Waals surface area contributed by atoms with E-state index in [2.05, 4.69) is 6.92 Å². The van der Waals surface area contributed by atoms with Crippen molar-refractivity contribution < 1.29 is 9.53 Å². The van der Waals surface area contributed by atoms with Crippen LogP contribution in [0.25, 0.3) is 0 Å². The van der Waals surface area contributed by atoms with Gasteiger partial charge in [0.25, 0.3) is 0 Å². The molecule has 0 bridgehead atoms.